The molecular weight excluding hydrogens is 309 g/mol. The molecule has 0 radical (unpaired) electrons. The fraction of sp³-hybridized carbons (Fsp3) is 0.263. The smallest absolute Gasteiger partial charge is 0.338 e. The third-order valence-corrected chi connectivity index (χ3v) is 3.53. The summed E-state index contributed by atoms with van der Waals surface area (Å²) in [6, 6.07) is 14.5. The highest BCUT2D eigenvalue weighted by atomic mass is 19.1. The zero-order valence-corrected chi connectivity index (χ0v) is 13.5. The van der Waals surface area contributed by atoms with Crippen molar-refractivity contribution in [1.82, 2.24) is 5.32 Å². The molecule has 4 nitrogen and oxygen atoms in total. The molecule has 0 saturated carbocycles. The fourth-order valence-electron chi connectivity index (χ4n) is 2.33. The highest BCUT2D eigenvalue weighted by Gasteiger charge is 2.15. The predicted molar refractivity (Wildman–Crippen MR) is 88.9 cm³/mol. The van der Waals surface area contributed by atoms with Gasteiger partial charge in [0.25, 0.3) is 5.91 Å². The largest absolute Gasteiger partial charge is 0.452 e. The number of hydrogen-bond donors (Lipinski definition) is 1. The second kappa shape index (κ2) is 8.82. The summed E-state index contributed by atoms with van der Waals surface area (Å²) >= 11 is 0. The van der Waals surface area contributed by atoms with E-state index in [2.05, 4.69) is 5.32 Å². The lowest BCUT2D eigenvalue weighted by Gasteiger charge is -2.18. The number of halogens is 1. The first-order valence-electron chi connectivity index (χ1n) is 7.87. The van der Waals surface area contributed by atoms with E-state index in [-0.39, 0.29) is 24.1 Å². The Balaban J connectivity index is 1.89. The summed E-state index contributed by atoms with van der Waals surface area (Å²) in [6.07, 6.45) is 1.71. The quantitative estimate of drug-likeness (QED) is 0.789. The number of rotatable bonds is 7. The Labute approximate surface area is 140 Å². The summed E-state index contributed by atoms with van der Waals surface area (Å²) < 4.78 is 17.8. The summed E-state index contributed by atoms with van der Waals surface area (Å²) in [5.74, 6) is -1.46. The zero-order valence-electron chi connectivity index (χ0n) is 13.5. The second-order valence-corrected chi connectivity index (χ2v) is 5.40. The van der Waals surface area contributed by atoms with E-state index in [1.165, 1.54) is 24.3 Å². The molecule has 0 aliphatic heterocycles. The zero-order chi connectivity index (χ0) is 17.4. The van der Waals surface area contributed by atoms with Crippen molar-refractivity contribution in [2.45, 2.75) is 25.8 Å². The minimum atomic E-state index is -0.656. The third-order valence-electron chi connectivity index (χ3n) is 3.53. The third kappa shape index (κ3) is 5.19. The molecule has 1 amide bonds. The topological polar surface area (TPSA) is 55.4 Å². The maximum atomic E-state index is 12.8. The molecule has 5 heteroatoms. The summed E-state index contributed by atoms with van der Waals surface area (Å²) in [5.41, 5.74) is 1.22. The van der Waals surface area contributed by atoms with Gasteiger partial charge >= 0.3 is 5.97 Å². The minimum Gasteiger partial charge on any atom is -0.452 e. The minimum absolute atomic E-state index is 0.117. The molecule has 0 aliphatic rings. The van der Waals surface area contributed by atoms with E-state index in [1.54, 1.807) is 0 Å². The van der Waals surface area contributed by atoms with Crippen LogP contribution in [0.5, 0.6) is 0 Å². The SMILES string of the molecule is CCCC(NC(=O)COC(=O)c1ccc(F)cc1)c1ccccc1. The molecule has 24 heavy (non-hydrogen) atoms. The van der Waals surface area contributed by atoms with Crippen molar-refractivity contribution in [1.29, 1.82) is 0 Å². The molecule has 0 bridgehead atoms. The number of carbonyl (C=O) groups excluding carboxylic acids is 2. The normalized spacial score (nSPS) is 11.6. The first-order chi connectivity index (χ1) is 11.6. The lowest BCUT2D eigenvalue weighted by Crippen LogP contribution is -2.32. The molecule has 2 rings (SSSR count). The van der Waals surface area contributed by atoms with Crippen molar-refractivity contribution < 1.29 is 18.7 Å². The van der Waals surface area contributed by atoms with Gasteiger partial charge in [-0.25, -0.2) is 9.18 Å². The van der Waals surface area contributed by atoms with E-state index >= 15 is 0 Å². The molecule has 0 aromatic heterocycles. The highest BCUT2D eigenvalue weighted by Crippen LogP contribution is 2.17. The Hall–Kier alpha value is -2.69. The number of nitrogens with one attached hydrogen (secondary N) is 1. The number of carbonyl (C=O) groups is 2. The van der Waals surface area contributed by atoms with Gasteiger partial charge in [-0.15, -0.1) is 0 Å². The van der Waals surface area contributed by atoms with Crippen molar-refractivity contribution in [3.63, 3.8) is 0 Å². The highest BCUT2D eigenvalue weighted by molar-refractivity contribution is 5.91. The molecule has 0 fully saturated rings. The number of ether oxygens (including phenoxy) is 1. The number of benzene rings is 2. The van der Waals surface area contributed by atoms with Gasteiger partial charge in [-0.05, 0) is 36.2 Å². The van der Waals surface area contributed by atoms with E-state index in [9.17, 15) is 14.0 Å². The van der Waals surface area contributed by atoms with Crippen LogP contribution < -0.4 is 5.32 Å². The lowest BCUT2D eigenvalue weighted by atomic mass is 10.0. The molecule has 1 atom stereocenters. The molecule has 0 heterocycles. The van der Waals surface area contributed by atoms with Gasteiger partial charge in [0, 0.05) is 0 Å². The number of amides is 1. The summed E-state index contributed by atoms with van der Waals surface area (Å²) in [7, 11) is 0. The molecular formula is C19H20FNO3. The van der Waals surface area contributed by atoms with Crippen molar-refractivity contribution in [2.24, 2.45) is 0 Å². The van der Waals surface area contributed by atoms with E-state index < -0.39 is 11.8 Å². The average Bonchev–Trinajstić information content (AvgIpc) is 2.60. The second-order valence-electron chi connectivity index (χ2n) is 5.40. The monoisotopic (exact) mass is 329 g/mol. The van der Waals surface area contributed by atoms with Crippen LogP contribution in [0.25, 0.3) is 0 Å². The van der Waals surface area contributed by atoms with Gasteiger partial charge in [0.1, 0.15) is 5.82 Å². The first kappa shape index (κ1) is 17.7. The van der Waals surface area contributed by atoms with Gasteiger partial charge in [-0.3, -0.25) is 4.79 Å². The van der Waals surface area contributed by atoms with Gasteiger partial charge in [0.05, 0.1) is 11.6 Å². The molecule has 0 saturated heterocycles. The van der Waals surface area contributed by atoms with E-state index in [0.29, 0.717) is 0 Å². The van der Waals surface area contributed by atoms with Crippen molar-refractivity contribution >= 4 is 11.9 Å². The van der Waals surface area contributed by atoms with E-state index in [1.807, 2.05) is 37.3 Å². The fourth-order valence-corrected chi connectivity index (χ4v) is 2.33. The van der Waals surface area contributed by atoms with Crippen LogP contribution in [0.4, 0.5) is 4.39 Å². The summed E-state index contributed by atoms with van der Waals surface area (Å²) in [4.78, 5) is 23.9. The Morgan fingerprint density at radius 3 is 2.38 bits per heavy atom. The molecule has 0 spiro atoms. The average molecular weight is 329 g/mol. The van der Waals surface area contributed by atoms with Crippen LogP contribution in [0.1, 0.15) is 41.7 Å². The van der Waals surface area contributed by atoms with Crippen molar-refractivity contribution in [3.8, 4) is 0 Å². The Morgan fingerprint density at radius 2 is 1.75 bits per heavy atom. The molecule has 1 N–H and O–H groups in total. The van der Waals surface area contributed by atoms with Crippen LogP contribution >= 0.6 is 0 Å². The molecule has 1 unspecified atom stereocenters. The lowest BCUT2D eigenvalue weighted by molar-refractivity contribution is -0.125. The molecule has 2 aromatic rings. The van der Waals surface area contributed by atoms with Crippen LogP contribution in [-0.4, -0.2) is 18.5 Å². The molecule has 2 aromatic carbocycles. The number of hydrogen-bond acceptors (Lipinski definition) is 3. The Kier molecular flexibility index (Phi) is 6.49. The Morgan fingerprint density at radius 1 is 1.08 bits per heavy atom. The van der Waals surface area contributed by atoms with Crippen LogP contribution in [-0.2, 0) is 9.53 Å². The van der Waals surface area contributed by atoms with Crippen LogP contribution in [0, 0.1) is 5.82 Å². The van der Waals surface area contributed by atoms with Gasteiger partial charge in [0.2, 0.25) is 0 Å². The molecule has 0 aliphatic carbocycles. The van der Waals surface area contributed by atoms with E-state index in [4.69, 9.17) is 4.74 Å². The van der Waals surface area contributed by atoms with Crippen LogP contribution in [0.2, 0.25) is 0 Å². The van der Waals surface area contributed by atoms with Crippen molar-refractivity contribution in [2.75, 3.05) is 6.61 Å². The Bertz CT molecular complexity index is 671. The maximum Gasteiger partial charge on any atom is 0.338 e. The van der Waals surface area contributed by atoms with Crippen LogP contribution in [0.15, 0.2) is 54.6 Å². The van der Waals surface area contributed by atoms with Crippen LogP contribution in [0.3, 0.4) is 0 Å². The van der Waals surface area contributed by atoms with Crippen molar-refractivity contribution in [3.05, 3.63) is 71.5 Å². The maximum absolute atomic E-state index is 12.8. The predicted octanol–water partition coefficient (Wildman–Crippen LogP) is 3.64. The van der Waals surface area contributed by atoms with Gasteiger partial charge in [0.15, 0.2) is 6.61 Å². The first-order valence-corrected chi connectivity index (χ1v) is 7.87. The molecule has 126 valence electrons. The van der Waals surface area contributed by atoms with E-state index in [0.717, 1.165) is 18.4 Å². The summed E-state index contributed by atoms with van der Waals surface area (Å²) in [6.45, 7) is 1.67. The van der Waals surface area contributed by atoms with Gasteiger partial charge in [-0.1, -0.05) is 43.7 Å². The van der Waals surface area contributed by atoms with Gasteiger partial charge in [-0.2, -0.15) is 0 Å². The standard InChI is InChI=1S/C19H20FNO3/c1-2-6-17(14-7-4-3-5-8-14)21-18(22)13-24-19(23)15-9-11-16(20)12-10-15/h3-5,7-12,17H,2,6,13H2,1H3,(H,21,22). The summed E-state index contributed by atoms with van der Waals surface area (Å²) in [5, 5.41) is 2.87. The number of esters is 1. The van der Waals surface area contributed by atoms with Gasteiger partial charge < -0.3 is 10.1 Å².